The van der Waals surface area contributed by atoms with Crippen molar-refractivity contribution in [1.29, 1.82) is 0 Å². The minimum atomic E-state index is 0.283. The summed E-state index contributed by atoms with van der Waals surface area (Å²) in [5, 5.41) is 0. The minimum absolute atomic E-state index is 0.283. The Morgan fingerprint density at radius 2 is 1.90 bits per heavy atom. The average Bonchev–Trinajstić information content (AvgIpc) is 1.89. The lowest BCUT2D eigenvalue weighted by molar-refractivity contribution is 0.384. The van der Waals surface area contributed by atoms with E-state index >= 15 is 0 Å². The summed E-state index contributed by atoms with van der Waals surface area (Å²) < 4.78 is 0. The quantitative estimate of drug-likeness (QED) is 0.597. The summed E-state index contributed by atoms with van der Waals surface area (Å²) in [5.41, 5.74) is 5.84. The van der Waals surface area contributed by atoms with E-state index in [1.165, 1.54) is 0 Å². The Labute approximate surface area is 64.3 Å². The Balaban J connectivity index is 3.56. The SMILES string of the molecule is CC/C=C/CC(C)(C)CN. The van der Waals surface area contributed by atoms with Crippen LogP contribution in [0.25, 0.3) is 0 Å². The number of rotatable bonds is 4. The van der Waals surface area contributed by atoms with Gasteiger partial charge >= 0.3 is 0 Å². The topological polar surface area (TPSA) is 26.0 Å². The highest BCUT2D eigenvalue weighted by Gasteiger charge is 2.11. The molecule has 0 aliphatic heterocycles. The Hall–Kier alpha value is -0.300. The van der Waals surface area contributed by atoms with Gasteiger partial charge in [0.2, 0.25) is 0 Å². The first kappa shape index (κ1) is 9.70. The maximum absolute atomic E-state index is 5.55. The van der Waals surface area contributed by atoms with Gasteiger partial charge in [-0.2, -0.15) is 0 Å². The Morgan fingerprint density at radius 1 is 1.30 bits per heavy atom. The molecule has 0 rings (SSSR count). The smallest absolute Gasteiger partial charge is 0.00229 e. The van der Waals surface area contributed by atoms with Gasteiger partial charge in [0, 0.05) is 0 Å². The van der Waals surface area contributed by atoms with E-state index in [0.29, 0.717) is 0 Å². The van der Waals surface area contributed by atoms with Crippen LogP contribution in [0.1, 0.15) is 33.6 Å². The lowest BCUT2D eigenvalue weighted by Gasteiger charge is -2.19. The molecule has 0 spiro atoms. The molecule has 60 valence electrons. The van der Waals surface area contributed by atoms with Crippen molar-refractivity contribution < 1.29 is 0 Å². The number of hydrogen-bond donors (Lipinski definition) is 1. The largest absolute Gasteiger partial charge is 0.330 e. The van der Waals surface area contributed by atoms with E-state index in [0.717, 1.165) is 19.4 Å². The second kappa shape index (κ2) is 4.51. The van der Waals surface area contributed by atoms with Gasteiger partial charge in [-0.15, -0.1) is 0 Å². The Morgan fingerprint density at radius 3 is 2.30 bits per heavy atom. The maximum atomic E-state index is 5.55. The predicted octanol–water partition coefficient (Wildman–Crippen LogP) is 2.33. The molecule has 0 radical (unpaired) electrons. The molecule has 2 N–H and O–H groups in total. The van der Waals surface area contributed by atoms with Crippen molar-refractivity contribution in [2.75, 3.05) is 6.54 Å². The highest BCUT2D eigenvalue weighted by atomic mass is 14.6. The fourth-order valence-corrected chi connectivity index (χ4v) is 0.652. The molecule has 0 fully saturated rings. The van der Waals surface area contributed by atoms with Gasteiger partial charge in [-0.25, -0.2) is 0 Å². The zero-order chi connectivity index (χ0) is 8.04. The highest BCUT2D eigenvalue weighted by molar-refractivity contribution is 4.86. The molecular weight excluding hydrogens is 122 g/mol. The van der Waals surface area contributed by atoms with Crippen LogP contribution in [0.2, 0.25) is 0 Å². The molecule has 0 amide bonds. The van der Waals surface area contributed by atoms with E-state index in [2.05, 4.69) is 32.9 Å². The van der Waals surface area contributed by atoms with Gasteiger partial charge in [0.15, 0.2) is 0 Å². The van der Waals surface area contributed by atoms with E-state index < -0.39 is 0 Å². The van der Waals surface area contributed by atoms with Gasteiger partial charge < -0.3 is 5.73 Å². The number of nitrogens with two attached hydrogens (primary N) is 1. The maximum Gasteiger partial charge on any atom is -0.00229 e. The Bertz CT molecular complexity index is 103. The molecule has 0 atom stereocenters. The van der Waals surface area contributed by atoms with Crippen molar-refractivity contribution in [3.05, 3.63) is 12.2 Å². The molecule has 10 heavy (non-hydrogen) atoms. The summed E-state index contributed by atoms with van der Waals surface area (Å²) in [6.07, 6.45) is 6.63. The summed E-state index contributed by atoms with van der Waals surface area (Å²) in [4.78, 5) is 0. The standard InChI is InChI=1S/C9H19N/c1-4-5-6-7-9(2,3)8-10/h5-6H,4,7-8,10H2,1-3H3/b6-5+. The van der Waals surface area contributed by atoms with Crippen LogP contribution in [0.4, 0.5) is 0 Å². The first-order chi connectivity index (χ1) is 4.62. The van der Waals surface area contributed by atoms with Gasteiger partial charge in [0.05, 0.1) is 0 Å². The van der Waals surface area contributed by atoms with Gasteiger partial charge in [0.25, 0.3) is 0 Å². The van der Waals surface area contributed by atoms with Crippen LogP contribution < -0.4 is 5.73 Å². The van der Waals surface area contributed by atoms with Crippen LogP contribution in [0, 0.1) is 5.41 Å². The molecule has 0 unspecified atom stereocenters. The van der Waals surface area contributed by atoms with Crippen LogP contribution in [0.3, 0.4) is 0 Å². The molecule has 0 aromatic carbocycles. The van der Waals surface area contributed by atoms with Crippen molar-refractivity contribution in [1.82, 2.24) is 0 Å². The molecule has 0 aliphatic carbocycles. The third kappa shape index (κ3) is 4.57. The van der Waals surface area contributed by atoms with Crippen molar-refractivity contribution >= 4 is 0 Å². The number of hydrogen-bond acceptors (Lipinski definition) is 1. The lowest BCUT2D eigenvalue weighted by atomic mass is 9.89. The van der Waals surface area contributed by atoms with E-state index in [1.54, 1.807) is 0 Å². The summed E-state index contributed by atoms with van der Waals surface area (Å²) >= 11 is 0. The van der Waals surface area contributed by atoms with Gasteiger partial charge in [-0.3, -0.25) is 0 Å². The van der Waals surface area contributed by atoms with Crippen molar-refractivity contribution in [2.45, 2.75) is 33.6 Å². The molecule has 0 bridgehead atoms. The van der Waals surface area contributed by atoms with E-state index in [1.807, 2.05) is 0 Å². The van der Waals surface area contributed by atoms with Crippen LogP contribution in [0.5, 0.6) is 0 Å². The molecule has 0 saturated heterocycles. The fourth-order valence-electron chi connectivity index (χ4n) is 0.652. The molecule has 1 heteroatoms. The minimum Gasteiger partial charge on any atom is -0.330 e. The highest BCUT2D eigenvalue weighted by Crippen LogP contribution is 2.18. The molecule has 0 saturated carbocycles. The molecule has 0 aromatic heterocycles. The van der Waals surface area contributed by atoms with Crippen LogP contribution in [-0.4, -0.2) is 6.54 Å². The van der Waals surface area contributed by atoms with Crippen LogP contribution >= 0.6 is 0 Å². The Kier molecular flexibility index (Phi) is 4.37. The second-order valence-corrected chi connectivity index (χ2v) is 3.45. The van der Waals surface area contributed by atoms with E-state index in [-0.39, 0.29) is 5.41 Å². The van der Waals surface area contributed by atoms with Gasteiger partial charge in [-0.05, 0) is 24.8 Å². The normalized spacial score (nSPS) is 12.8. The van der Waals surface area contributed by atoms with Crippen LogP contribution in [0.15, 0.2) is 12.2 Å². The first-order valence-electron chi connectivity index (χ1n) is 3.97. The first-order valence-corrected chi connectivity index (χ1v) is 3.97. The van der Waals surface area contributed by atoms with Crippen molar-refractivity contribution in [3.8, 4) is 0 Å². The molecular formula is C9H19N. The molecule has 1 nitrogen and oxygen atoms in total. The van der Waals surface area contributed by atoms with Gasteiger partial charge in [0.1, 0.15) is 0 Å². The van der Waals surface area contributed by atoms with Gasteiger partial charge in [-0.1, -0.05) is 32.9 Å². The third-order valence-electron chi connectivity index (χ3n) is 1.63. The lowest BCUT2D eigenvalue weighted by Crippen LogP contribution is -2.22. The van der Waals surface area contributed by atoms with Crippen molar-refractivity contribution in [3.63, 3.8) is 0 Å². The average molecular weight is 141 g/mol. The summed E-state index contributed by atoms with van der Waals surface area (Å²) in [6, 6.07) is 0. The third-order valence-corrected chi connectivity index (χ3v) is 1.63. The van der Waals surface area contributed by atoms with E-state index in [9.17, 15) is 0 Å². The predicted molar refractivity (Wildman–Crippen MR) is 46.9 cm³/mol. The second-order valence-electron chi connectivity index (χ2n) is 3.45. The fraction of sp³-hybridized carbons (Fsp3) is 0.778. The monoisotopic (exact) mass is 141 g/mol. The summed E-state index contributed by atoms with van der Waals surface area (Å²) in [6.45, 7) is 7.28. The van der Waals surface area contributed by atoms with Crippen molar-refractivity contribution in [2.24, 2.45) is 11.1 Å². The molecule has 0 aliphatic rings. The summed E-state index contributed by atoms with van der Waals surface area (Å²) in [5.74, 6) is 0. The number of allylic oxidation sites excluding steroid dienone is 2. The molecule has 0 heterocycles. The summed E-state index contributed by atoms with van der Waals surface area (Å²) in [7, 11) is 0. The van der Waals surface area contributed by atoms with Crippen LogP contribution in [-0.2, 0) is 0 Å². The zero-order valence-electron chi connectivity index (χ0n) is 7.35. The zero-order valence-corrected chi connectivity index (χ0v) is 7.35. The molecule has 0 aromatic rings. The van der Waals surface area contributed by atoms with E-state index in [4.69, 9.17) is 5.73 Å².